The molecule has 116 valence electrons. The molecule has 3 N–H and O–H groups in total. The first-order valence-electron chi connectivity index (χ1n) is 6.80. The molecule has 0 saturated carbocycles. The topological polar surface area (TPSA) is 87.7 Å². The number of esters is 1. The molecule has 6 heteroatoms. The molecule has 1 amide bonds. The number of benzene rings is 1. The standard InChI is InChI=1S/C15H22N2O4/c1-11(18)17-13-7-5-12(6-8-13)14(19)21-10-4-9-16-15(2,3)20/h5-8,16,20H,4,9-10H2,1-3H3,(H,17,18). The van der Waals surface area contributed by atoms with Crippen LogP contribution >= 0.6 is 0 Å². The summed E-state index contributed by atoms with van der Waals surface area (Å²) in [7, 11) is 0. The average Bonchev–Trinajstić information content (AvgIpc) is 2.37. The van der Waals surface area contributed by atoms with Gasteiger partial charge in [0.15, 0.2) is 0 Å². The molecule has 0 saturated heterocycles. The van der Waals surface area contributed by atoms with Crippen LogP contribution in [0.5, 0.6) is 0 Å². The minimum Gasteiger partial charge on any atom is -0.462 e. The molecule has 0 unspecified atom stereocenters. The van der Waals surface area contributed by atoms with Gasteiger partial charge < -0.3 is 15.2 Å². The number of rotatable bonds is 7. The monoisotopic (exact) mass is 294 g/mol. The van der Waals surface area contributed by atoms with E-state index in [1.54, 1.807) is 38.1 Å². The van der Waals surface area contributed by atoms with Crippen molar-refractivity contribution in [3.63, 3.8) is 0 Å². The van der Waals surface area contributed by atoms with E-state index in [1.807, 2.05) is 0 Å². The molecule has 1 aromatic rings. The predicted molar refractivity (Wildman–Crippen MR) is 79.9 cm³/mol. The third-order valence-corrected chi connectivity index (χ3v) is 2.55. The number of carbonyl (C=O) groups is 2. The Morgan fingerprint density at radius 1 is 1.24 bits per heavy atom. The maximum atomic E-state index is 11.8. The Kier molecular flexibility index (Phi) is 6.33. The molecule has 0 aromatic heterocycles. The van der Waals surface area contributed by atoms with Gasteiger partial charge in [-0.2, -0.15) is 0 Å². The highest BCUT2D eigenvalue weighted by Gasteiger charge is 2.10. The normalized spacial score (nSPS) is 11.0. The van der Waals surface area contributed by atoms with Gasteiger partial charge in [0.25, 0.3) is 0 Å². The zero-order chi connectivity index (χ0) is 15.9. The third kappa shape index (κ3) is 7.43. The number of aliphatic hydroxyl groups is 1. The molecular weight excluding hydrogens is 272 g/mol. The Morgan fingerprint density at radius 2 is 1.86 bits per heavy atom. The van der Waals surface area contributed by atoms with Crippen LogP contribution in [-0.4, -0.2) is 35.9 Å². The first kappa shape index (κ1) is 17.1. The lowest BCUT2D eigenvalue weighted by atomic mass is 10.2. The molecule has 21 heavy (non-hydrogen) atoms. The SMILES string of the molecule is CC(=O)Nc1ccc(C(=O)OCCCNC(C)(C)O)cc1. The van der Waals surface area contributed by atoms with Crippen molar-refractivity contribution in [1.82, 2.24) is 5.32 Å². The van der Waals surface area contributed by atoms with Crippen LogP contribution in [0.3, 0.4) is 0 Å². The molecule has 1 aromatic carbocycles. The maximum absolute atomic E-state index is 11.8. The van der Waals surface area contributed by atoms with Crippen molar-refractivity contribution in [2.24, 2.45) is 0 Å². The minimum absolute atomic E-state index is 0.162. The maximum Gasteiger partial charge on any atom is 0.338 e. The fourth-order valence-corrected chi connectivity index (χ4v) is 1.61. The van der Waals surface area contributed by atoms with Gasteiger partial charge in [-0.25, -0.2) is 4.79 Å². The van der Waals surface area contributed by atoms with Crippen molar-refractivity contribution < 1.29 is 19.4 Å². The summed E-state index contributed by atoms with van der Waals surface area (Å²) < 4.78 is 5.12. The van der Waals surface area contributed by atoms with Crippen LogP contribution in [0, 0.1) is 0 Å². The van der Waals surface area contributed by atoms with Gasteiger partial charge in [-0.15, -0.1) is 0 Å². The lowest BCUT2D eigenvalue weighted by Crippen LogP contribution is -2.39. The van der Waals surface area contributed by atoms with E-state index in [2.05, 4.69) is 10.6 Å². The quantitative estimate of drug-likeness (QED) is 0.403. The predicted octanol–water partition coefficient (Wildman–Crippen LogP) is 1.51. The number of hydrogen-bond acceptors (Lipinski definition) is 5. The third-order valence-electron chi connectivity index (χ3n) is 2.55. The van der Waals surface area contributed by atoms with E-state index in [1.165, 1.54) is 6.92 Å². The van der Waals surface area contributed by atoms with Gasteiger partial charge in [0.2, 0.25) is 5.91 Å². The summed E-state index contributed by atoms with van der Waals surface area (Å²) in [5, 5.41) is 15.0. The van der Waals surface area contributed by atoms with Crippen LogP contribution in [0.2, 0.25) is 0 Å². The summed E-state index contributed by atoms with van der Waals surface area (Å²) in [5.41, 5.74) is 0.136. The van der Waals surface area contributed by atoms with E-state index in [0.717, 1.165) is 0 Å². The van der Waals surface area contributed by atoms with Gasteiger partial charge in [0, 0.05) is 19.2 Å². The summed E-state index contributed by atoms with van der Waals surface area (Å²) >= 11 is 0. The van der Waals surface area contributed by atoms with Crippen molar-refractivity contribution in [2.45, 2.75) is 32.9 Å². The number of ether oxygens (including phenoxy) is 1. The Labute approximate surface area is 124 Å². The van der Waals surface area contributed by atoms with Crippen molar-refractivity contribution in [3.8, 4) is 0 Å². The molecule has 0 heterocycles. The number of carbonyl (C=O) groups excluding carboxylic acids is 2. The molecule has 0 spiro atoms. The zero-order valence-electron chi connectivity index (χ0n) is 12.6. The van der Waals surface area contributed by atoms with E-state index in [0.29, 0.717) is 24.2 Å². The number of nitrogens with one attached hydrogen (secondary N) is 2. The Balaban J connectivity index is 2.33. The van der Waals surface area contributed by atoms with Crippen LogP contribution in [0.4, 0.5) is 5.69 Å². The van der Waals surface area contributed by atoms with Gasteiger partial charge >= 0.3 is 5.97 Å². The Hall–Kier alpha value is -1.92. The first-order chi connectivity index (χ1) is 9.78. The van der Waals surface area contributed by atoms with E-state index in [4.69, 9.17) is 4.74 Å². The molecule has 1 rings (SSSR count). The lowest BCUT2D eigenvalue weighted by Gasteiger charge is -2.18. The molecular formula is C15H22N2O4. The van der Waals surface area contributed by atoms with Crippen LogP contribution in [0.25, 0.3) is 0 Å². The van der Waals surface area contributed by atoms with Gasteiger partial charge in [0.1, 0.15) is 5.72 Å². The summed E-state index contributed by atoms with van der Waals surface area (Å²) in [6, 6.07) is 6.49. The van der Waals surface area contributed by atoms with Crippen molar-refractivity contribution in [1.29, 1.82) is 0 Å². The van der Waals surface area contributed by atoms with E-state index in [9.17, 15) is 14.7 Å². The summed E-state index contributed by atoms with van der Waals surface area (Å²) in [6.45, 7) is 5.54. The van der Waals surface area contributed by atoms with Crippen LogP contribution in [0.1, 0.15) is 37.6 Å². The molecule has 0 aliphatic rings. The van der Waals surface area contributed by atoms with Crippen molar-refractivity contribution in [3.05, 3.63) is 29.8 Å². The second-order valence-corrected chi connectivity index (χ2v) is 5.23. The minimum atomic E-state index is -0.927. The van der Waals surface area contributed by atoms with Gasteiger partial charge in [-0.05, 0) is 44.5 Å². The van der Waals surface area contributed by atoms with E-state index < -0.39 is 11.7 Å². The molecule has 0 fully saturated rings. The summed E-state index contributed by atoms with van der Waals surface area (Å²) in [4.78, 5) is 22.6. The summed E-state index contributed by atoms with van der Waals surface area (Å²) in [5.74, 6) is -0.572. The molecule has 0 radical (unpaired) electrons. The second-order valence-electron chi connectivity index (χ2n) is 5.23. The largest absolute Gasteiger partial charge is 0.462 e. The molecule has 0 aliphatic carbocycles. The summed E-state index contributed by atoms with van der Waals surface area (Å²) in [6.07, 6.45) is 0.611. The highest BCUT2D eigenvalue weighted by Crippen LogP contribution is 2.10. The first-order valence-corrected chi connectivity index (χ1v) is 6.80. The number of anilines is 1. The average molecular weight is 294 g/mol. The highest BCUT2D eigenvalue weighted by molar-refractivity contribution is 5.92. The Morgan fingerprint density at radius 3 is 2.38 bits per heavy atom. The van der Waals surface area contributed by atoms with Gasteiger partial charge in [-0.3, -0.25) is 10.1 Å². The fourth-order valence-electron chi connectivity index (χ4n) is 1.61. The molecule has 6 nitrogen and oxygen atoms in total. The lowest BCUT2D eigenvalue weighted by molar-refractivity contribution is -0.114. The molecule has 0 aliphatic heterocycles. The van der Waals surface area contributed by atoms with Crippen LogP contribution in [-0.2, 0) is 9.53 Å². The number of hydrogen-bond donors (Lipinski definition) is 3. The van der Waals surface area contributed by atoms with Crippen LogP contribution < -0.4 is 10.6 Å². The molecule has 0 atom stereocenters. The van der Waals surface area contributed by atoms with E-state index >= 15 is 0 Å². The van der Waals surface area contributed by atoms with Crippen molar-refractivity contribution >= 4 is 17.6 Å². The molecule has 0 bridgehead atoms. The second kappa shape index (κ2) is 7.75. The smallest absolute Gasteiger partial charge is 0.338 e. The fraction of sp³-hybridized carbons (Fsp3) is 0.467. The van der Waals surface area contributed by atoms with Gasteiger partial charge in [-0.1, -0.05) is 0 Å². The Bertz CT molecular complexity index is 477. The van der Waals surface area contributed by atoms with Crippen LogP contribution in [0.15, 0.2) is 24.3 Å². The van der Waals surface area contributed by atoms with E-state index in [-0.39, 0.29) is 12.5 Å². The zero-order valence-corrected chi connectivity index (χ0v) is 12.6. The highest BCUT2D eigenvalue weighted by atomic mass is 16.5. The van der Waals surface area contributed by atoms with Gasteiger partial charge in [0.05, 0.1) is 12.2 Å². The van der Waals surface area contributed by atoms with Crippen molar-refractivity contribution in [2.75, 3.05) is 18.5 Å². The number of amides is 1.